The van der Waals surface area contributed by atoms with E-state index < -0.39 is 0 Å². The van der Waals surface area contributed by atoms with Gasteiger partial charge in [-0.25, -0.2) is 0 Å². The van der Waals surface area contributed by atoms with Gasteiger partial charge in [0, 0.05) is 26.2 Å². The third-order valence-electron chi connectivity index (χ3n) is 3.17. The van der Waals surface area contributed by atoms with Crippen LogP contribution in [-0.4, -0.2) is 62.0 Å². The summed E-state index contributed by atoms with van der Waals surface area (Å²) in [5, 5.41) is 3.10. The summed E-state index contributed by atoms with van der Waals surface area (Å²) >= 11 is 0. The zero-order chi connectivity index (χ0) is 13.1. The number of carbonyl (C=O) groups excluding carboxylic acids is 1. The molecule has 1 heterocycles. The van der Waals surface area contributed by atoms with Gasteiger partial charge < -0.3 is 10.2 Å². The second-order valence-electron chi connectivity index (χ2n) is 5.66. The summed E-state index contributed by atoms with van der Waals surface area (Å²) in [7, 11) is 3.91. The summed E-state index contributed by atoms with van der Waals surface area (Å²) in [6, 6.07) is -0.0678. The molecule has 4 nitrogen and oxygen atoms in total. The molecule has 0 aromatic rings. The lowest BCUT2D eigenvalue weighted by atomic mass is 9.92. The number of likely N-dealkylation sites (N-methyl/N-ethyl adjacent to an activating group) is 2. The van der Waals surface area contributed by atoms with Crippen molar-refractivity contribution < 1.29 is 4.79 Å². The van der Waals surface area contributed by atoms with Gasteiger partial charge in [0.2, 0.25) is 5.91 Å². The van der Waals surface area contributed by atoms with Crippen LogP contribution in [0.2, 0.25) is 0 Å². The Balaban J connectivity index is 2.92. The van der Waals surface area contributed by atoms with Crippen molar-refractivity contribution in [3.63, 3.8) is 0 Å². The molecule has 0 bridgehead atoms. The van der Waals surface area contributed by atoms with Gasteiger partial charge in [-0.2, -0.15) is 0 Å². The van der Waals surface area contributed by atoms with Gasteiger partial charge in [-0.1, -0.05) is 19.9 Å². The molecular formula is C13H25N3O. The Morgan fingerprint density at radius 1 is 1.53 bits per heavy atom. The number of nitrogens with one attached hydrogen (secondary N) is 1. The second kappa shape index (κ2) is 5.65. The molecule has 0 spiro atoms. The van der Waals surface area contributed by atoms with Gasteiger partial charge in [0.25, 0.3) is 0 Å². The molecule has 0 radical (unpaired) electrons. The van der Waals surface area contributed by atoms with Crippen LogP contribution in [0, 0.1) is 5.41 Å². The van der Waals surface area contributed by atoms with E-state index in [0.717, 1.165) is 13.1 Å². The quantitative estimate of drug-likeness (QED) is 0.728. The molecule has 1 amide bonds. The lowest BCUT2D eigenvalue weighted by Gasteiger charge is -2.29. The third-order valence-corrected chi connectivity index (χ3v) is 3.17. The average Bonchev–Trinajstić information content (AvgIpc) is 2.29. The molecule has 4 heteroatoms. The molecule has 1 saturated heterocycles. The van der Waals surface area contributed by atoms with Crippen molar-refractivity contribution in [2.75, 3.05) is 40.3 Å². The highest BCUT2D eigenvalue weighted by atomic mass is 16.2. The van der Waals surface area contributed by atoms with E-state index in [0.29, 0.717) is 13.1 Å². The second-order valence-corrected chi connectivity index (χ2v) is 5.66. The Kier molecular flexibility index (Phi) is 4.71. The fourth-order valence-corrected chi connectivity index (χ4v) is 2.58. The van der Waals surface area contributed by atoms with Gasteiger partial charge in [-0.15, -0.1) is 6.58 Å². The Morgan fingerprint density at radius 3 is 2.71 bits per heavy atom. The van der Waals surface area contributed by atoms with Gasteiger partial charge >= 0.3 is 0 Å². The van der Waals surface area contributed by atoms with Crippen molar-refractivity contribution in [2.45, 2.75) is 19.9 Å². The largest absolute Gasteiger partial charge is 0.337 e. The van der Waals surface area contributed by atoms with Crippen LogP contribution in [0.25, 0.3) is 0 Å². The Hall–Kier alpha value is -0.870. The summed E-state index contributed by atoms with van der Waals surface area (Å²) in [6.45, 7) is 11.2. The van der Waals surface area contributed by atoms with Gasteiger partial charge in [-0.3, -0.25) is 9.69 Å². The molecule has 0 saturated carbocycles. The van der Waals surface area contributed by atoms with E-state index in [-0.39, 0.29) is 17.4 Å². The highest BCUT2D eigenvalue weighted by Crippen LogP contribution is 2.24. The summed E-state index contributed by atoms with van der Waals surface area (Å²) in [5.74, 6) is 0.201. The molecular weight excluding hydrogens is 214 g/mol. The van der Waals surface area contributed by atoms with Crippen molar-refractivity contribution in [3.8, 4) is 0 Å². The summed E-state index contributed by atoms with van der Waals surface area (Å²) < 4.78 is 0. The fraction of sp³-hybridized carbons (Fsp3) is 0.769. The minimum Gasteiger partial charge on any atom is -0.337 e. The molecule has 1 aliphatic heterocycles. The van der Waals surface area contributed by atoms with Crippen molar-refractivity contribution in [2.24, 2.45) is 5.41 Å². The summed E-state index contributed by atoms with van der Waals surface area (Å²) in [4.78, 5) is 16.5. The minimum atomic E-state index is -0.0678. The normalized spacial score (nSPS) is 25.8. The topological polar surface area (TPSA) is 35.6 Å². The first kappa shape index (κ1) is 14.2. The van der Waals surface area contributed by atoms with Crippen LogP contribution in [0.4, 0.5) is 0 Å². The average molecular weight is 239 g/mol. The van der Waals surface area contributed by atoms with E-state index in [1.54, 1.807) is 6.08 Å². The summed E-state index contributed by atoms with van der Waals surface area (Å²) in [5.41, 5.74) is 0.121. The third kappa shape index (κ3) is 3.54. The number of hydrogen-bond acceptors (Lipinski definition) is 3. The Labute approximate surface area is 105 Å². The van der Waals surface area contributed by atoms with Gasteiger partial charge in [0.1, 0.15) is 6.04 Å². The van der Waals surface area contributed by atoms with E-state index in [1.807, 2.05) is 19.0 Å². The lowest BCUT2D eigenvalue weighted by Crippen LogP contribution is -2.49. The van der Waals surface area contributed by atoms with Crippen molar-refractivity contribution in [1.82, 2.24) is 15.1 Å². The number of rotatable bonds is 4. The SMILES string of the molecule is C=CCN1CC(C)(C)CN(C)C(CNC)C1=O. The van der Waals surface area contributed by atoms with Crippen LogP contribution >= 0.6 is 0 Å². The summed E-state index contributed by atoms with van der Waals surface area (Å²) in [6.07, 6.45) is 1.80. The molecule has 17 heavy (non-hydrogen) atoms. The fourth-order valence-electron chi connectivity index (χ4n) is 2.58. The van der Waals surface area contributed by atoms with E-state index >= 15 is 0 Å². The zero-order valence-corrected chi connectivity index (χ0v) is 11.5. The van der Waals surface area contributed by atoms with E-state index in [9.17, 15) is 4.79 Å². The van der Waals surface area contributed by atoms with Crippen LogP contribution in [0.1, 0.15) is 13.8 Å². The number of nitrogens with zero attached hydrogens (tertiary/aromatic N) is 2. The Bertz CT molecular complexity index is 288. The molecule has 1 unspecified atom stereocenters. The monoisotopic (exact) mass is 239 g/mol. The van der Waals surface area contributed by atoms with Crippen molar-refractivity contribution in [1.29, 1.82) is 0 Å². The smallest absolute Gasteiger partial charge is 0.241 e. The first-order chi connectivity index (χ1) is 7.91. The van der Waals surface area contributed by atoms with Gasteiger partial charge in [0.05, 0.1) is 0 Å². The maximum atomic E-state index is 12.4. The highest BCUT2D eigenvalue weighted by Gasteiger charge is 2.36. The van der Waals surface area contributed by atoms with Crippen molar-refractivity contribution in [3.05, 3.63) is 12.7 Å². The zero-order valence-electron chi connectivity index (χ0n) is 11.5. The number of hydrogen-bond donors (Lipinski definition) is 1. The van der Waals surface area contributed by atoms with Gasteiger partial charge in [-0.05, 0) is 19.5 Å². The number of amides is 1. The van der Waals surface area contributed by atoms with Crippen molar-refractivity contribution >= 4 is 5.91 Å². The molecule has 1 rings (SSSR count). The first-order valence-corrected chi connectivity index (χ1v) is 6.16. The first-order valence-electron chi connectivity index (χ1n) is 6.16. The molecule has 98 valence electrons. The van der Waals surface area contributed by atoms with E-state index in [2.05, 4.69) is 30.6 Å². The molecule has 1 atom stereocenters. The van der Waals surface area contributed by atoms with E-state index in [1.165, 1.54) is 0 Å². The standard InChI is InChI=1S/C13H25N3O/c1-6-7-16-10-13(2,3)9-15(5)11(8-14-4)12(16)17/h6,11,14H,1,7-10H2,2-5H3. The molecule has 1 N–H and O–H groups in total. The molecule has 0 aromatic carbocycles. The van der Waals surface area contributed by atoms with Gasteiger partial charge in [0.15, 0.2) is 0 Å². The lowest BCUT2D eigenvalue weighted by molar-refractivity contribution is -0.134. The predicted octanol–water partition coefficient (Wildman–Crippen LogP) is 0.561. The highest BCUT2D eigenvalue weighted by molar-refractivity contribution is 5.82. The predicted molar refractivity (Wildman–Crippen MR) is 70.9 cm³/mol. The number of carbonyl (C=O) groups is 1. The Morgan fingerprint density at radius 2 is 2.18 bits per heavy atom. The van der Waals surface area contributed by atoms with Crippen LogP contribution in [0.15, 0.2) is 12.7 Å². The van der Waals surface area contributed by atoms with Crippen LogP contribution in [0.5, 0.6) is 0 Å². The maximum absolute atomic E-state index is 12.4. The minimum absolute atomic E-state index is 0.0678. The molecule has 0 aromatic heterocycles. The maximum Gasteiger partial charge on any atom is 0.241 e. The molecule has 1 fully saturated rings. The van der Waals surface area contributed by atoms with Crippen LogP contribution in [0.3, 0.4) is 0 Å². The molecule has 0 aliphatic carbocycles. The van der Waals surface area contributed by atoms with E-state index in [4.69, 9.17) is 0 Å². The molecule has 1 aliphatic rings. The van der Waals surface area contributed by atoms with Crippen LogP contribution in [-0.2, 0) is 4.79 Å². The van der Waals surface area contributed by atoms with Crippen LogP contribution < -0.4 is 5.32 Å².